The Hall–Kier alpha value is -6.18. The Kier molecular flexibility index (Phi) is 8.95. The van der Waals surface area contributed by atoms with Crippen molar-refractivity contribution in [2.75, 3.05) is 4.90 Å². The fourth-order valence-electron chi connectivity index (χ4n) is 9.10. The van der Waals surface area contributed by atoms with Crippen molar-refractivity contribution in [3.63, 3.8) is 0 Å². The molecule has 55 heavy (non-hydrogen) atoms. The Morgan fingerprint density at radius 3 is 1.80 bits per heavy atom. The molecule has 8 aromatic rings. The minimum absolute atomic E-state index is 0.00934. The summed E-state index contributed by atoms with van der Waals surface area (Å²) >= 11 is 0. The van der Waals surface area contributed by atoms with Gasteiger partial charge in [0.25, 0.3) is 0 Å². The van der Waals surface area contributed by atoms with Crippen LogP contribution in [0.15, 0.2) is 182 Å². The first kappa shape index (κ1) is 34.6. The van der Waals surface area contributed by atoms with E-state index in [0.717, 1.165) is 24.2 Å². The lowest BCUT2D eigenvalue weighted by molar-refractivity contribution is 0.637. The summed E-state index contributed by atoms with van der Waals surface area (Å²) in [4.78, 5) is 2.38. The molecule has 0 amide bonds. The van der Waals surface area contributed by atoms with Gasteiger partial charge in [-0.05, 0) is 129 Å². The van der Waals surface area contributed by atoms with E-state index in [-0.39, 0.29) is 5.41 Å². The van der Waals surface area contributed by atoms with E-state index in [4.69, 9.17) is 0 Å². The fourth-order valence-corrected chi connectivity index (χ4v) is 9.10. The van der Waals surface area contributed by atoms with Gasteiger partial charge in [0.15, 0.2) is 0 Å². The molecule has 0 radical (unpaired) electrons. The van der Waals surface area contributed by atoms with E-state index in [1.807, 2.05) is 18.2 Å². The Morgan fingerprint density at radius 2 is 1.13 bits per heavy atom. The zero-order chi connectivity index (χ0) is 37.5. The van der Waals surface area contributed by atoms with Crippen molar-refractivity contribution in [3.8, 4) is 33.4 Å². The molecule has 1 atom stereocenters. The zero-order valence-corrected chi connectivity index (χ0v) is 32.3. The van der Waals surface area contributed by atoms with Gasteiger partial charge in [0.2, 0.25) is 0 Å². The highest BCUT2D eigenvalue weighted by Crippen LogP contribution is 2.53. The van der Waals surface area contributed by atoms with Crippen molar-refractivity contribution in [1.29, 1.82) is 0 Å². The van der Waals surface area contributed by atoms with Crippen molar-refractivity contribution in [2.45, 2.75) is 51.9 Å². The van der Waals surface area contributed by atoms with E-state index in [1.54, 1.807) is 0 Å². The molecule has 0 aliphatic heterocycles. The Labute approximate surface area is 326 Å². The molecule has 0 heterocycles. The third-order valence-corrected chi connectivity index (χ3v) is 12.0. The molecular formula is C54H47N. The maximum Gasteiger partial charge on any atom is 0.0540 e. The molecule has 268 valence electrons. The van der Waals surface area contributed by atoms with Crippen LogP contribution in [0.25, 0.3) is 44.2 Å². The molecule has 2 aliphatic rings. The first-order chi connectivity index (χ1) is 26.9. The number of aryl methyl sites for hydroxylation is 1. The minimum Gasteiger partial charge on any atom is -0.310 e. The van der Waals surface area contributed by atoms with Crippen LogP contribution in [0, 0.1) is 6.92 Å². The van der Waals surface area contributed by atoms with Crippen LogP contribution < -0.4 is 4.90 Å². The lowest BCUT2D eigenvalue weighted by Gasteiger charge is -2.30. The molecule has 0 aromatic heterocycles. The number of hydrogen-bond acceptors (Lipinski definition) is 1. The van der Waals surface area contributed by atoms with Crippen molar-refractivity contribution < 1.29 is 0 Å². The van der Waals surface area contributed by atoms with E-state index in [9.17, 15) is 0 Å². The Balaban J connectivity index is 0.000000513. The van der Waals surface area contributed by atoms with Gasteiger partial charge in [0.05, 0.1) is 5.69 Å². The molecule has 0 bridgehead atoms. The number of benzene rings is 8. The van der Waals surface area contributed by atoms with E-state index < -0.39 is 0 Å². The second-order valence-electron chi connectivity index (χ2n) is 15.7. The molecule has 0 saturated heterocycles. The third-order valence-electron chi connectivity index (χ3n) is 12.0. The second-order valence-corrected chi connectivity index (χ2v) is 15.7. The van der Waals surface area contributed by atoms with Crippen LogP contribution in [-0.4, -0.2) is 0 Å². The van der Waals surface area contributed by atoms with Crippen molar-refractivity contribution in [1.82, 2.24) is 0 Å². The molecule has 10 rings (SSSR count). The largest absolute Gasteiger partial charge is 0.310 e. The maximum absolute atomic E-state index is 2.57. The van der Waals surface area contributed by atoms with Crippen LogP contribution in [0.1, 0.15) is 60.9 Å². The quantitative estimate of drug-likeness (QED) is 0.172. The lowest BCUT2D eigenvalue weighted by atomic mass is 9.73. The highest BCUT2D eigenvalue weighted by Gasteiger charge is 2.37. The predicted octanol–water partition coefficient (Wildman–Crippen LogP) is 15.0. The summed E-state index contributed by atoms with van der Waals surface area (Å²) in [5.41, 5.74) is 18.8. The SMILES string of the molecule is CCC1Cc2ccc(-c3cccc4c(N(c5ccccc5)c5ccccc5)cccc34)cc2-c2cc3c(cc21)C(C)(C)c1ccccc1-3.Cc1ccccc1. The summed E-state index contributed by atoms with van der Waals surface area (Å²) in [6.45, 7) is 9.22. The zero-order valence-electron chi connectivity index (χ0n) is 32.3. The first-order valence-electron chi connectivity index (χ1n) is 19.8. The normalized spacial score (nSPS) is 14.5. The van der Waals surface area contributed by atoms with Crippen LogP contribution >= 0.6 is 0 Å². The number of para-hydroxylation sites is 2. The molecule has 0 spiro atoms. The van der Waals surface area contributed by atoms with Crippen LogP contribution in [0.3, 0.4) is 0 Å². The van der Waals surface area contributed by atoms with E-state index in [0.29, 0.717) is 5.92 Å². The summed E-state index contributed by atoms with van der Waals surface area (Å²) in [5, 5.41) is 2.50. The monoisotopic (exact) mass is 709 g/mol. The summed E-state index contributed by atoms with van der Waals surface area (Å²) in [7, 11) is 0. The minimum atomic E-state index is 0.00934. The topological polar surface area (TPSA) is 3.24 Å². The number of rotatable bonds is 5. The summed E-state index contributed by atoms with van der Waals surface area (Å²) in [6, 6.07) is 66.6. The summed E-state index contributed by atoms with van der Waals surface area (Å²) < 4.78 is 0. The van der Waals surface area contributed by atoms with Gasteiger partial charge >= 0.3 is 0 Å². The number of anilines is 3. The predicted molar refractivity (Wildman–Crippen MR) is 235 cm³/mol. The highest BCUT2D eigenvalue weighted by molar-refractivity contribution is 6.06. The Bertz CT molecular complexity index is 2600. The molecular weight excluding hydrogens is 663 g/mol. The van der Waals surface area contributed by atoms with Crippen LogP contribution in [0.5, 0.6) is 0 Å². The molecule has 1 nitrogen and oxygen atoms in total. The van der Waals surface area contributed by atoms with Crippen molar-refractivity contribution in [2.24, 2.45) is 0 Å². The van der Waals surface area contributed by atoms with Gasteiger partial charge in [-0.25, -0.2) is 0 Å². The molecule has 0 fully saturated rings. The fraction of sp³-hybridized carbons (Fsp3) is 0.148. The number of fused-ring (bicyclic) bond motifs is 7. The molecule has 2 aliphatic carbocycles. The van der Waals surface area contributed by atoms with E-state index in [1.165, 1.54) is 77.7 Å². The second kappa shape index (κ2) is 14.2. The Morgan fingerprint density at radius 1 is 0.509 bits per heavy atom. The van der Waals surface area contributed by atoms with Gasteiger partial charge < -0.3 is 4.90 Å². The number of nitrogens with zero attached hydrogens (tertiary/aromatic N) is 1. The molecule has 0 saturated carbocycles. The van der Waals surface area contributed by atoms with Gasteiger partial charge in [0, 0.05) is 22.2 Å². The smallest absolute Gasteiger partial charge is 0.0540 e. The molecule has 1 unspecified atom stereocenters. The maximum atomic E-state index is 2.57. The standard InChI is InChI=1S/C47H39N.C7H8/c1-4-31-27-32-25-26-33(28-40(32)42-29-43-38-19-11-12-23-44(38)47(2,3)45(43)30-41(31)42)36-20-13-22-39-37(36)21-14-24-46(39)48(34-15-7-5-8-16-34)35-17-9-6-10-18-35;1-7-5-3-2-4-6-7/h5-26,28-31H,4,27H2,1-3H3;2-6H,1H3. The van der Waals surface area contributed by atoms with Gasteiger partial charge in [-0.15, -0.1) is 0 Å². The molecule has 0 N–H and O–H groups in total. The van der Waals surface area contributed by atoms with Crippen LogP contribution in [-0.2, 0) is 11.8 Å². The van der Waals surface area contributed by atoms with Crippen LogP contribution in [0.2, 0.25) is 0 Å². The average molecular weight is 710 g/mol. The number of hydrogen-bond donors (Lipinski definition) is 0. The average Bonchev–Trinajstić information content (AvgIpc) is 3.46. The van der Waals surface area contributed by atoms with Gasteiger partial charge in [-0.1, -0.05) is 166 Å². The van der Waals surface area contributed by atoms with Gasteiger partial charge in [-0.2, -0.15) is 0 Å². The van der Waals surface area contributed by atoms with Gasteiger partial charge in [-0.3, -0.25) is 0 Å². The molecule has 1 heteroatoms. The van der Waals surface area contributed by atoms with Crippen molar-refractivity contribution in [3.05, 3.63) is 210 Å². The van der Waals surface area contributed by atoms with E-state index >= 15 is 0 Å². The van der Waals surface area contributed by atoms with Crippen LogP contribution in [0.4, 0.5) is 17.1 Å². The van der Waals surface area contributed by atoms with E-state index in [2.05, 4.69) is 196 Å². The summed E-state index contributed by atoms with van der Waals surface area (Å²) in [5.74, 6) is 0.533. The summed E-state index contributed by atoms with van der Waals surface area (Å²) in [6.07, 6.45) is 2.24. The lowest BCUT2D eigenvalue weighted by Crippen LogP contribution is -2.17. The van der Waals surface area contributed by atoms with Crippen molar-refractivity contribution >= 4 is 27.8 Å². The highest BCUT2D eigenvalue weighted by atomic mass is 15.1. The van der Waals surface area contributed by atoms with Gasteiger partial charge in [0.1, 0.15) is 0 Å². The third kappa shape index (κ3) is 6.15. The molecule has 8 aromatic carbocycles. The first-order valence-corrected chi connectivity index (χ1v) is 19.8.